The molecule has 0 amide bonds. The number of aromatic carboxylic acids is 1. The quantitative estimate of drug-likeness (QED) is 0.891. The highest BCUT2D eigenvalue weighted by Crippen LogP contribution is 2.28. The van der Waals surface area contributed by atoms with Gasteiger partial charge in [-0.1, -0.05) is 0 Å². The van der Waals surface area contributed by atoms with Gasteiger partial charge in [-0.15, -0.1) is 0 Å². The van der Waals surface area contributed by atoms with Crippen LogP contribution in [0, 0.1) is 6.92 Å². The number of phenolic OH excluding ortho intramolecular Hbond substituents is 1. The summed E-state index contributed by atoms with van der Waals surface area (Å²) in [6.07, 6.45) is 0.834. The van der Waals surface area contributed by atoms with Gasteiger partial charge < -0.3 is 14.9 Å². The van der Waals surface area contributed by atoms with Crippen LogP contribution in [0.2, 0.25) is 0 Å². The summed E-state index contributed by atoms with van der Waals surface area (Å²) in [7, 11) is 0. The van der Waals surface area contributed by atoms with Gasteiger partial charge in [0.1, 0.15) is 11.6 Å². The summed E-state index contributed by atoms with van der Waals surface area (Å²) >= 11 is 0. The number of benzene rings is 1. The lowest BCUT2D eigenvalue weighted by Crippen LogP contribution is -2.12. The number of aromatic nitrogens is 3. The number of rotatable bonds is 3. The molecule has 1 saturated heterocycles. The Morgan fingerprint density at radius 1 is 1.43 bits per heavy atom. The van der Waals surface area contributed by atoms with Crippen molar-refractivity contribution >= 4 is 5.97 Å². The van der Waals surface area contributed by atoms with Gasteiger partial charge in [0.2, 0.25) is 0 Å². The van der Waals surface area contributed by atoms with E-state index < -0.39 is 5.97 Å². The van der Waals surface area contributed by atoms with Crippen molar-refractivity contribution in [3.8, 4) is 17.1 Å². The molecule has 0 saturated carbocycles. The van der Waals surface area contributed by atoms with Crippen molar-refractivity contribution in [2.24, 2.45) is 0 Å². The number of ether oxygens (including phenoxy) is 1. The molecule has 7 heteroatoms. The lowest BCUT2D eigenvalue weighted by molar-refractivity contribution is 0.0696. The first-order chi connectivity index (χ1) is 10.0. The van der Waals surface area contributed by atoms with Crippen molar-refractivity contribution in [3.63, 3.8) is 0 Å². The van der Waals surface area contributed by atoms with Gasteiger partial charge in [-0.2, -0.15) is 5.10 Å². The number of carboxylic acids is 1. The Labute approximate surface area is 120 Å². The van der Waals surface area contributed by atoms with Crippen LogP contribution in [0.1, 0.15) is 28.6 Å². The van der Waals surface area contributed by atoms with Gasteiger partial charge in [-0.25, -0.2) is 14.5 Å². The Hall–Kier alpha value is -2.41. The second-order valence-corrected chi connectivity index (χ2v) is 5.02. The molecule has 0 bridgehead atoms. The Kier molecular flexibility index (Phi) is 3.34. The zero-order valence-electron chi connectivity index (χ0n) is 11.5. The van der Waals surface area contributed by atoms with Gasteiger partial charge in [-0.05, 0) is 31.5 Å². The zero-order chi connectivity index (χ0) is 15.0. The Morgan fingerprint density at radius 2 is 2.24 bits per heavy atom. The second kappa shape index (κ2) is 5.17. The third-order valence-electron chi connectivity index (χ3n) is 3.41. The molecule has 0 spiro atoms. The van der Waals surface area contributed by atoms with Crippen LogP contribution in [-0.2, 0) is 4.74 Å². The molecule has 3 rings (SSSR count). The number of phenols is 1. The molecule has 7 nitrogen and oxygen atoms in total. The first-order valence-corrected chi connectivity index (χ1v) is 6.63. The highest BCUT2D eigenvalue weighted by molar-refractivity contribution is 5.89. The monoisotopic (exact) mass is 289 g/mol. The molecule has 1 aromatic carbocycles. The lowest BCUT2D eigenvalue weighted by Gasteiger charge is -2.12. The largest absolute Gasteiger partial charge is 0.508 e. The number of carbonyl (C=O) groups is 1. The minimum absolute atomic E-state index is 0.0138. The van der Waals surface area contributed by atoms with Crippen molar-refractivity contribution in [3.05, 3.63) is 29.6 Å². The Morgan fingerprint density at radius 3 is 2.90 bits per heavy atom. The molecule has 21 heavy (non-hydrogen) atoms. The van der Waals surface area contributed by atoms with E-state index in [2.05, 4.69) is 10.1 Å². The number of hydrogen-bond donors (Lipinski definition) is 2. The second-order valence-electron chi connectivity index (χ2n) is 5.02. The number of nitrogens with zero attached hydrogens (tertiary/aromatic N) is 3. The molecule has 2 N–H and O–H groups in total. The Bertz CT molecular complexity index is 690. The predicted molar refractivity (Wildman–Crippen MR) is 73.3 cm³/mol. The van der Waals surface area contributed by atoms with E-state index in [1.807, 2.05) is 0 Å². The summed E-state index contributed by atoms with van der Waals surface area (Å²) in [6, 6.07) is 4.26. The first kappa shape index (κ1) is 13.6. The van der Waals surface area contributed by atoms with Crippen LogP contribution in [0.5, 0.6) is 5.75 Å². The summed E-state index contributed by atoms with van der Waals surface area (Å²) in [5.74, 6) is -0.0718. The zero-order valence-corrected chi connectivity index (χ0v) is 11.5. The fourth-order valence-electron chi connectivity index (χ4n) is 2.46. The van der Waals surface area contributed by atoms with E-state index in [0.29, 0.717) is 30.4 Å². The molecule has 0 radical (unpaired) electrons. The van der Waals surface area contributed by atoms with Crippen LogP contribution in [0.25, 0.3) is 11.4 Å². The van der Waals surface area contributed by atoms with Crippen molar-refractivity contribution in [1.82, 2.24) is 14.8 Å². The minimum Gasteiger partial charge on any atom is -0.508 e. The number of aromatic hydroxyl groups is 1. The van der Waals surface area contributed by atoms with Gasteiger partial charge in [0.25, 0.3) is 0 Å². The lowest BCUT2D eigenvalue weighted by atomic mass is 10.1. The van der Waals surface area contributed by atoms with E-state index >= 15 is 0 Å². The van der Waals surface area contributed by atoms with Gasteiger partial charge in [0.15, 0.2) is 5.82 Å². The van der Waals surface area contributed by atoms with Crippen LogP contribution in [0.3, 0.4) is 0 Å². The molecular weight excluding hydrogens is 274 g/mol. The van der Waals surface area contributed by atoms with Gasteiger partial charge in [0, 0.05) is 12.2 Å². The molecule has 1 aliphatic rings. The molecule has 1 fully saturated rings. The minimum atomic E-state index is -1.10. The number of carboxylic acid groups (broad SMARTS) is 1. The highest BCUT2D eigenvalue weighted by Gasteiger charge is 2.23. The SMILES string of the molecule is Cc1nc(-c2cc(O)cc(C(=O)O)c2)n(C2CCOC2)n1. The Balaban J connectivity index is 2.09. The molecule has 1 atom stereocenters. The smallest absolute Gasteiger partial charge is 0.335 e. The van der Waals surface area contributed by atoms with E-state index in [9.17, 15) is 9.90 Å². The molecular formula is C14H15N3O4. The maximum Gasteiger partial charge on any atom is 0.335 e. The number of hydrogen-bond acceptors (Lipinski definition) is 5. The van der Waals surface area contributed by atoms with Crippen LogP contribution >= 0.6 is 0 Å². The third-order valence-corrected chi connectivity index (χ3v) is 3.41. The average molecular weight is 289 g/mol. The summed E-state index contributed by atoms with van der Waals surface area (Å²) < 4.78 is 7.12. The molecule has 1 aliphatic heterocycles. The van der Waals surface area contributed by atoms with E-state index in [4.69, 9.17) is 9.84 Å². The van der Waals surface area contributed by atoms with Crippen LogP contribution < -0.4 is 0 Å². The standard InChI is InChI=1S/C14H15N3O4/c1-8-15-13(17(16-8)11-2-3-21-7-11)9-4-10(14(19)20)6-12(18)5-9/h4-6,11,18H,2-3,7H2,1H3,(H,19,20). The third kappa shape index (κ3) is 2.59. The fraction of sp³-hybridized carbons (Fsp3) is 0.357. The van der Waals surface area contributed by atoms with E-state index in [0.717, 1.165) is 6.42 Å². The average Bonchev–Trinajstić information content (AvgIpc) is 3.06. The highest BCUT2D eigenvalue weighted by atomic mass is 16.5. The van der Waals surface area contributed by atoms with Crippen molar-refractivity contribution in [2.75, 3.05) is 13.2 Å². The maximum absolute atomic E-state index is 11.1. The summed E-state index contributed by atoms with van der Waals surface area (Å²) in [5, 5.41) is 23.2. The summed E-state index contributed by atoms with van der Waals surface area (Å²) in [4.78, 5) is 15.5. The molecule has 0 aliphatic carbocycles. The summed E-state index contributed by atoms with van der Waals surface area (Å²) in [5.41, 5.74) is 0.541. The van der Waals surface area contributed by atoms with Gasteiger partial charge >= 0.3 is 5.97 Å². The normalized spacial score (nSPS) is 18.0. The van der Waals surface area contributed by atoms with Gasteiger partial charge in [-0.3, -0.25) is 0 Å². The van der Waals surface area contributed by atoms with Crippen molar-refractivity contribution in [2.45, 2.75) is 19.4 Å². The van der Waals surface area contributed by atoms with E-state index in [1.54, 1.807) is 11.6 Å². The van der Waals surface area contributed by atoms with E-state index in [-0.39, 0.29) is 17.4 Å². The maximum atomic E-state index is 11.1. The van der Waals surface area contributed by atoms with Gasteiger partial charge in [0.05, 0.1) is 18.2 Å². The topological polar surface area (TPSA) is 97.5 Å². The molecule has 110 valence electrons. The van der Waals surface area contributed by atoms with E-state index in [1.165, 1.54) is 18.2 Å². The van der Waals surface area contributed by atoms with Crippen LogP contribution in [0.15, 0.2) is 18.2 Å². The predicted octanol–water partition coefficient (Wildman–Crippen LogP) is 1.62. The van der Waals surface area contributed by atoms with Crippen LogP contribution in [-0.4, -0.2) is 44.2 Å². The van der Waals surface area contributed by atoms with Crippen LogP contribution in [0.4, 0.5) is 0 Å². The number of aryl methyl sites for hydroxylation is 1. The van der Waals surface area contributed by atoms with Crippen molar-refractivity contribution < 1.29 is 19.7 Å². The molecule has 1 aromatic heterocycles. The first-order valence-electron chi connectivity index (χ1n) is 6.63. The molecule has 1 unspecified atom stereocenters. The summed E-state index contributed by atoms with van der Waals surface area (Å²) in [6.45, 7) is 3.00. The molecule has 2 aromatic rings. The van der Waals surface area contributed by atoms with Crippen molar-refractivity contribution in [1.29, 1.82) is 0 Å². The fourth-order valence-corrected chi connectivity index (χ4v) is 2.46. The molecule has 2 heterocycles.